The predicted molar refractivity (Wildman–Crippen MR) is 86.9 cm³/mol. The number of allylic oxidation sites excluding steroid dienone is 2. The normalized spacial score (nSPS) is 22.0. The molecule has 0 atom stereocenters. The van der Waals surface area contributed by atoms with Gasteiger partial charge in [-0.1, -0.05) is 35.7 Å². The lowest BCUT2D eigenvalue weighted by molar-refractivity contribution is 0.319. The van der Waals surface area contributed by atoms with Gasteiger partial charge in [-0.2, -0.15) is 0 Å². The highest BCUT2D eigenvalue weighted by Crippen LogP contribution is 2.42. The van der Waals surface area contributed by atoms with E-state index in [1.807, 2.05) is 6.07 Å². The summed E-state index contributed by atoms with van der Waals surface area (Å²) >= 11 is 0. The molecule has 1 aromatic rings. The lowest BCUT2D eigenvalue weighted by Crippen LogP contribution is -2.03. The quantitative estimate of drug-likeness (QED) is 0.683. The molecule has 0 amide bonds. The molecule has 118 valence electrons. The summed E-state index contributed by atoms with van der Waals surface area (Å²) in [6, 6.07) is 6.99. The zero-order chi connectivity index (χ0) is 15.7. The highest BCUT2D eigenvalue weighted by atomic mass is 32.2. The minimum absolute atomic E-state index is 0.312. The van der Waals surface area contributed by atoms with Crippen molar-refractivity contribution in [2.24, 2.45) is 11.1 Å². The molecule has 2 aliphatic rings. The third-order valence-electron chi connectivity index (χ3n) is 4.76. The molecule has 22 heavy (non-hydrogen) atoms. The lowest BCUT2D eigenvalue weighted by Gasteiger charge is -2.14. The number of hydrogen-bond acceptors (Lipinski definition) is 4. The van der Waals surface area contributed by atoms with E-state index in [0.29, 0.717) is 16.5 Å². The van der Waals surface area contributed by atoms with Gasteiger partial charge in [0.05, 0.1) is 10.6 Å². The Labute approximate surface area is 131 Å². The average molecular weight is 319 g/mol. The third kappa shape index (κ3) is 2.82. The molecule has 0 heterocycles. The van der Waals surface area contributed by atoms with Gasteiger partial charge < -0.3 is 5.21 Å². The second-order valence-electron chi connectivity index (χ2n) is 6.23. The summed E-state index contributed by atoms with van der Waals surface area (Å²) in [6.07, 6.45) is 7.73. The van der Waals surface area contributed by atoms with Gasteiger partial charge >= 0.3 is 0 Å². The molecule has 5 heteroatoms. The molecule has 3 rings (SSSR count). The van der Waals surface area contributed by atoms with E-state index in [1.54, 1.807) is 18.2 Å². The largest absolute Gasteiger partial charge is 0.411 e. The van der Waals surface area contributed by atoms with Crippen LogP contribution in [0.25, 0.3) is 5.57 Å². The highest BCUT2D eigenvalue weighted by Gasteiger charge is 2.30. The van der Waals surface area contributed by atoms with Gasteiger partial charge in [-0.05, 0) is 49.3 Å². The first-order valence-electron chi connectivity index (χ1n) is 7.75. The molecule has 0 aromatic heterocycles. The Hall–Kier alpha value is -1.62. The van der Waals surface area contributed by atoms with Crippen molar-refractivity contribution >= 4 is 21.1 Å². The van der Waals surface area contributed by atoms with Crippen LogP contribution in [-0.4, -0.2) is 25.6 Å². The summed E-state index contributed by atoms with van der Waals surface area (Å²) in [5.41, 5.74) is 3.86. The van der Waals surface area contributed by atoms with Crippen molar-refractivity contribution < 1.29 is 13.6 Å². The number of rotatable bonds is 3. The van der Waals surface area contributed by atoms with E-state index >= 15 is 0 Å². The summed E-state index contributed by atoms with van der Waals surface area (Å²) in [7, 11) is -3.24. The van der Waals surface area contributed by atoms with Gasteiger partial charge in [0.2, 0.25) is 0 Å². The first-order valence-corrected chi connectivity index (χ1v) is 9.64. The van der Waals surface area contributed by atoms with Crippen LogP contribution in [0.3, 0.4) is 0 Å². The summed E-state index contributed by atoms with van der Waals surface area (Å²) in [5.74, 6) is 0.552. The Kier molecular flexibility index (Phi) is 4.08. The second-order valence-corrected chi connectivity index (χ2v) is 8.24. The minimum atomic E-state index is -3.24. The first-order chi connectivity index (χ1) is 10.5. The molecule has 0 aliphatic heterocycles. The maximum Gasteiger partial charge on any atom is 0.175 e. The number of nitrogens with zero attached hydrogens (tertiary/aromatic N) is 1. The molecule has 0 bridgehead atoms. The summed E-state index contributed by atoms with van der Waals surface area (Å²) < 4.78 is 23.6. The minimum Gasteiger partial charge on any atom is -0.411 e. The van der Waals surface area contributed by atoms with E-state index < -0.39 is 9.84 Å². The number of oxime groups is 1. The Bertz CT molecular complexity index is 741. The third-order valence-corrected chi connectivity index (χ3v) is 5.87. The van der Waals surface area contributed by atoms with Gasteiger partial charge in [0.1, 0.15) is 0 Å². The molecule has 0 spiro atoms. The number of sulfone groups is 1. The Balaban J connectivity index is 2.11. The molecule has 4 nitrogen and oxygen atoms in total. The summed E-state index contributed by atoms with van der Waals surface area (Å²) in [5, 5.41) is 12.8. The maximum atomic E-state index is 11.8. The van der Waals surface area contributed by atoms with Crippen LogP contribution in [0.4, 0.5) is 0 Å². The molecule has 1 aromatic carbocycles. The van der Waals surface area contributed by atoms with E-state index in [2.05, 4.69) is 5.16 Å². The first kappa shape index (κ1) is 15.3. The van der Waals surface area contributed by atoms with Crippen molar-refractivity contribution in [2.75, 3.05) is 6.26 Å². The van der Waals surface area contributed by atoms with Crippen molar-refractivity contribution in [1.29, 1.82) is 0 Å². The Morgan fingerprint density at radius 3 is 2.55 bits per heavy atom. The van der Waals surface area contributed by atoms with Crippen LogP contribution >= 0.6 is 0 Å². The average Bonchev–Trinajstić information content (AvgIpc) is 3.15. The van der Waals surface area contributed by atoms with Crippen LogP contribution in [-0.2, 0) is 9.84 Å². The summed E-state index contributed by atoms with van der Waals surface area (Å²) in [4.78, 5) is 0.312. The van der Waals surface area contributed by atoms with Crippen molar-refractivity contribution in [2.45, 2.75) is 43.4 Å². The monoisotopic (exact) mass is 319 g/mol. The predicted octanol–water partition coefficient (Wildman–Crippen LogP) is 3.66. The molecule has 1 fully saturated rings. The molecule has 0 radical (unpaired) electrons. The zero-order valence-corrected chi connectivity index (χ0v) is 13.6. The van der Waals surface area contributed by atoms with Crippen molar-refractivity contribution in [3.05, 3.63) is 35.4 Å². The van der Waals surface area contributed by atoms with Crippen LogP contribution in [0, 0.1) is 5.92 Å². The molecule has 0 saturated heterocycles. The Morgan fingerprint density at radius 2 is 1.91 bits per heavy atom. The number of benzene rings is 1. The van der Waals surface area contributed by atoms with Crippen molar-refractivity contribution in [3.8, 4) is 0 Å². The smallest absolute Gasteiger partial charge is 0.175 e. The van der Waals surface area contributed by atoms with Gasteiger partial charge in [-0.25, -0.2) is 8.42 Å². The molecule has 1 saturated carbocycles. The maximum absolute atomic E-state index is 11.8. The molecular weight excluding hydrogens is 298 g/mol. The van der Waals surface area contributed by atoms with Gasteiger partial charge in [-0.3, -0.25) is 0 Å². The van der Waals surface area contributed by atoms with Crippen LogP contribution in [0.5, 0.6) is 0 Å². The molecule has 1 N–H and O–H groups in total. The van der Waals surface area contributed by atoms with Gasteiger partial charge in [0, 0.05) is 11.8 Å². The summed E-state index contributed by atoms with van der Waals surface area (Å²) in [6.45, 7) is 0. The van der Waals surface area contributed by atoms with E-state index in [-0.39, 0.29) is 0 Å². The topological polar surface area (TPSA) is 66.7 Å². The van der Waals surface area contributed by atoms with Crippen LogP contribution < -0.4 is 0 Å². The van der Waals surface area contributed by atoms with Gasteiger partial charge in [0.25, 0.3) is 0 Å². The van der Waals surface area contributed by atoms with Crippen molar-refractivity contribution in [3.63, 3.8) is 0 Å². The molecular formula is C17H21NO3S. The lowest BCUT2D eigenvalue weighted by atomic mass is 9.91. The van der Waals surface area contributed by atoms with Crippen LogP contribution in [0.1, 0.15) is 44.1 Å². The van der Waals surface area contributed by atoms with E-state index in [9.17, 15) is 13.6 Å². The zero-order valence-electron chi connectivity index (χ0n) is 12.7. The second kappa shape index (κ2) is 5.88. The van der Waals surface area contributed by atoms with E-state index in [1.165, 1.54) is 37.5 Å². The van der Waals surface area contributed by atoms with E-state index in [0.717, 1.165) is 24.0 Å². The van der Waals surface area contributed by atoms with E-state index in [4.69, 9.17) is 0 Å². The molecule has 0 unspecified atom stereocenters. The fourth-order valence-corrected chi connectivity index (χ4v) is 4.37. The van der Waals surface area contributed by atoms with Gasteiger partial charge in [-0.15, -0.1) is 0 Å². The van der Waals surface area contributed by atoms with Crippen molar-refractivity contribution in [1.82, 2.24) is 0 Å². The highest BCUT2D eigenvalue weighted by molar-refractivity contribution is 7.90. The SMILES string of the molecule is CS(=O)(=O)c1cccc(C2=C(C3CCCC3)CCC2=NO)c1. The number of hydrogen-bond donors (Lipinski definition) is 1. The Morgan fingerprint density at radius 1 is 1.18 bits per heavy atom. The molecule has 2 aliphatic carbocycles. The van der Waals surface area contributed by atoms with Crippen LogP contribution in [0.2, 0.25) is 0 Å². The fraction of sp³-hybridized carbons (Fsp3) is 0.471. The standard InChI is InChI=1S/C17H21NO3S/c1-22(20,21)14-8-4-7-13(11-14)17-15(9-10-16(17)18-19)12-5-2-3-6-12/h4,7-8,11-12,19H,2-3,5-6,9-10H2,1H3. The fourth-order valence-electron chi connectivity index (χ4n) is 3.71. The van der Waals surface area contributed by atoms with Crippen LogP contribution in [0.15, 0.2) is 39.9 Å². The van der Waals surface area contributed by atoms with Gasteiger partial charge in [0.15, 0.2) is 9.84 Å².